The highest BCUT2D eigenvalue weighted by Gasteiger charge is 2.21. The number of nitrogens with one attached hydrogen (secondary N) is 1. The number of anilines is 1. The van der Waals surface area contributed by atoms with E-state index in [2.05, 4.69) is 37.3 Å². The first kappa shape index (κ1) is 14.6. The second-order valence-electron chi connectivity index (χ2n) is 5.52. The highest BCUT2D eigenvalue weighted by Crippen LogP contribution is 2.42. The SMILES string of the molecule is CNc1ncc2c(C3CCCCC3)cc(Br)c(OC)c2n1. The molecule has 112 valence electrons. The zero-order valence-corrected chi connectivity index (χ0v) is 14.0. The van der Waals surface area contributed by atoms with Crippen molar-refractivity contribution in [3.8, 4) is 5.75 Å². The number of nitrogens with zero attached hydrogens (tertiary/aromatic N) is 2. The van der Waals surface area contributed by atoms with E-state index in [9.17, 15) is 0 Å². The number of benzene rings is 1. The largest absolute Gasteiger partial charge is 0.493 e. The molecule has 1 fully saturated rings. The molecule has 1 aliphatic rings. The molecule has 1 aromatic carbocycles. The van der Waals surface area contributed by atoms with Crippen LogP contribution < -0.4 is 10.1 Å². The fourth-order valence-corrected chi connectivity index (χ4v) is 3.82. The lowest BCUT2D eigenvalue weighted by molar-refractivity contribution is 0.415. The second-order valence-corrected chi connectivity index (χ2v) is 6.38. The number of fused-ring (bicyclic) bond motifs is 1. The molecule has 0 saturated heterocycles. The molecule has 1 heterocycles. The Kier molecular flexibility index (Phi) is 4.29. The third-order valence-electron chi connectivity index (χ3n) is 4.29. The predicted molar refractivity (Wildman–Crippen MR) is 89.2 cm³/mol. The second kappa shape index (κ2) is 6.18. The van der Waals surface area contributed by atoms with Crippen LogP contribution in [0.3, 0.4) is 0 Å². The molecule has 0 aliphatic heterocycles. The van der Waals surface area contributed by atoms with E-state index >= 15 is 0 Å². The Balaban J connectivity index is 2.20. The fourth-order valence-electron chi connectivity index (χ4n) is 3.23. The maximum absolute atomic E-state index is 5.54. The van der Waals surface area contributed by atoms with Crippen molar-refractivity contribution in [3.05, 3.63) is 22.3 Å². The lowest BCUT2D eigenvalue weighted by Gasteiger charge is -2.24. The van der Waals surface area contributed by atoms with Crippen LogP contribution in [0.15, 0.2) is 16.7 Å². The monoisotopic (exact) mass is 349 g/mol. The first-order valence-electron chi connectivity index (χ1n) is 7.45. The van der Waals surface area contributed by atoms with Crippen molar-refractivity contribution < 1.29 is 4.74 Å². The van der Waals surface area contributed by atoms with Crippen LogP contribution in [0.25, 0.3) is 10.9 Å². The van der Waals surface area contributed by atoms with Gasteiger partial charge in [-0.05, 0) is 46.3 Å². The highest BCUT2D eigenvalue weighted by molar-refractivity contribution is 9.10. The van der Waals surface area contributed by atoms with Gasteiger partial charge < -0.3 is 10.1 Å². The van der Waals surface area contributed by atoms with Crippen LogP contribution in [0, 0.1) is 0 Å². The fraction of sp³-hybridized carbons (Fsp3) is 0.500. The molecule has 5 heteroatoms. The molecule has 21 heavy (non-hydrogen) atoms. The van der Waals surface area contributed by atoms with Gasteiger partial charge in [-0.3, -0.25) is 0 Å². The average Bonchev–Trinajstić information content (AvgIpc) is 2.54. The summed E-state index contributed by atoms with van der Waals surface area (Å²) in [6.45, 7) is 0. The Morgan fingerprint density at radius 2 is 2.05 bits per heavy atom. The molecule has 0 unspecified atom stereocenters. The predicted octanol–water partition coefficient (Wildman–Crippen LogP) is 4.49. The molecule has 0 amide bonds. The van der Waals surface area contributed by atoms with Gasteiger partial charge in [0.05, 0.1) is 11.6 Å². The van der Waals surface area contributed by atoms with Gasteiger partial charge in [0.25, 0.3) is 0 Å². The standard InChI is InChI=1S/C16H20BrN3O/c1-18-16-19-9-12-11(10-6-4-3-5-7-10)8-13(17)15(21-2)14(12)20-16/h8-10H,3-7H2,1-2H3,(H,18,19,20). The van der Waals surface area contributed by atoms with Crippen LogP contribution in [-0.4, -0.2) is 24.1 Å². The van der Waals surface area contributed by atoms with E-state index in [4.69, 9.17) is 4.74 Å². The summed E-state index contributed by atoms with van der Waals surface area (Å²) in [5.41, 5.74) is 2.23. The maximum atomic E-state index is 5.54. The number of hydrogen-bond donors (Lipinski definition) is 1. The summed E-state index contributed by atoms with van der Waals surface area (Å²) in [7, 11) is 3.51. The number of aromatic nitrogens is 2. The first-order valence-corrected chi connectivity index (χ1v) is 8.24. The van der Waals surface area contributed by atoms with E-state index < -0.39 is 0 Å². The Bertz CT molecular complexity index is 654. The van der Waals surface area contributed by atoms with Crippen molar-refractivity contribution in [2.75, 3.05) is 19.5 Å². The third-order valence-corrected chi connectivity index (χ3v) is 4.88. The van der Waals surface area contributed by atoms with E-state index in [-0.39, 0.29) is 0 Å². The van der Waals surface area contributed by atoms with Crippen molar-refractivity contribution >= 4 is 32.8 Å². The van der Waals surface area contributed by atoms with Gasteiger partial charge in [0.1, 0.15) is 5.52 Å². The highest BCUT2D eigenvalue weighted by atomic mass is 79.9. The Morgan fingerprint density at radius 3 is 2.71 bits per heavy atom. The van der Waals surface area contributed by atoms with Crippen LogP contribution in [0.5, 0.6) is 5.75 Å². The van der Waals surface area contributed by atoms with Crippen LogP contribution in [-0.2, 0) is 0 Å². The summed E-state index contributed by atoms with van der Waals surface area (Å²) in [4.78, 5) is 9.00. The average molecular weight is 350 g/mol. The summed E-state index contributed by atoms with van der Waals surface area (Å²) < 4.78 is 6.51. The van der Waals surface area contributed by atoms with Gasteiger partial charge in [-0.1, -0.05) is 19.3 Å². The van der Waals surface area contributed by atoms with Crippen LogP contribution >= 0.6 is 15.9 Å². The Hall–Kier alpha value is -1.36. The first-order chi connectivity index (χ1) is 10.2. The van der Waals surface area contributed by atoms with E-state index in [1.807, 2.05) is 13.2 Å². The van der Waals surface area contributed by atoms with Gasteiger partial charge in [0.15, 0.2) is 5.75 Å². The number of ether oxygens (including phenoxy) is 1. The summed E-state index contributed by atoms with van der Waals surface area (Å²) in [5, 5.41) is 4.11. The van der Waals surface area contributed by atoms with Crippen molar-refractivity contribution in [1.82, 2.24) is 9.97 Å². The molecule has 2 aromatic rings. The van der Waals surface area contributed by atoms with E-state index in [1.54, 1.807) is 7.11 Å². The molecule has 0 atom stereocenters. The molecule has 1 N–H and O–H groups in total. The Morgan fingerprint density at radius 1 is 1.29 bits per heavy atom. The zero-order chi connectivity index (χ0) is 14.8. The summed E-state index contributed by atoms with van der Waals surface area (Å²) in [5.74, 6) is 2.00. The van der Waals surface area contributed by atoms with Gasteiger partial charge >= 0.3 is 0 Å². The van der Waals surface area contributed by atoms with Crippen molar-refractivity contribution in [2.45, 2.75) is 38.0 Å². The number of methoxy groups -OCH3 is 1. The molecule has 0 radical (unpaired) electrons. The van der Waals surface area contributed by atoms with Crippen molar-refractivity contribution in [3.63, 3.8) is 0 Å². The zero-order valence-electron chi connectivity index (χ0n) is 12.4. The summed E-state index contributed by atoms with van der Waals surface area (Å²) in [6, 6.07) is 2.19. The number of halogens is 1. The number of hydrogen-bond acceptors (Lipinski definition) is 4. The van der Waals surface area contributed by atoms with Crippen molar-refractivity contribution in [1.29, 1.82) is 0 Å². The van der Waals surface area contributed by atoms with Gasteiger partial charge in [-0.2, -0.15) is 0 Å². The molecule has 1 aromatic heterocycles. The quantitative estimate of drug-likeness (QED) is 0.886. The van der Waals surface area contributed by atoms with Gasteiger partial charge in [-0.25, -0.2) is 9.97 Å². The minimum Gasteiger partial charge on any atom is -0.493 e. The maximum Gasteiger partial charge on any atom is 0.223 e. The van der Waals surface area contributed by atoms with Crippen LogP contribution in [0.1, 0.15) is 43.6 Å². The third kappa shape index (κ3) is 2.71. The van der Waals surface area contributed by atoms with E-state index in [1.165, 1.54) is 37.7 Å². The lowest BCUT2D eigenvalue weighted by Crippen LogP contribution is -2.07. The smallest absolute Gasteiger partial charge is 0.223 e. The minimum atomic E-state index is 0.604. The molecule has 0 spiro atoms. The molecule has 1 aliphatic carbocycles. The molecular weight excluding hydrogens is 330 g/mol. The van der Waals surface area contributed by atoms with E-state index in [0.717, 1.165) is 21.1 Å². The minimum absolute atomic E-state index is 0.604. The van der Waals surface area contributed by atoms with Gasteiger partial charge in [-0.15, -0.1) is 0 Å². The van der Waals surface area contributed by atoms with Gasteiger partial charge in [0.2, 0.25) is 5.95 Å². The Labute approximate surface area is 133 Å². The number of rotatable bonds is 3. The van der Waals surface area contributed by atoms with Crippen LogP contribution in [0.4, 0.5) is 5.95 Å². The van der Waals surface area contributed by atoms with Crippen LogP contribution in [0.2, 0.25) is 0 Å². The topological polar surface area (TPSA) is 47.0 Å². The molecular formula is C16H20BrN3O. The van der Waals surface area contributed by atoms with E-state index in [0.29, 0.717) is 11.9 Å². The molecule has 0 bridgehead atoms. The summed E-state index contributed by atoms with van der Waals surface area (Å²) >= 11 is 3.64. The lowest BCUT2D eigenvalue weighted by atomic mass is 9.83. The summed E-state index contributed by atoms with van der Waals surface area (Å²) in [6.07, 6.45) is 8.40. The van der Waals surface area contributed by atoms with Gasteiger partial charge in [0, 0.05) is 18.6 Å². The molecule has 1 saturated carbocycles. The normalized spacial score (nSPS) is 16.1. The molecule has 4 nitrogen and oxygen atoms in total. The molecule has 3 rings (SSSR count). The van der Waals surface area contributed by atoms with Crippen molar-refractivity contribution in [2.24, 2.45) is 0 Å².